The Kier molecular flexibility index (Phi) is 5.26. The van der Waals surface area contributed by atoms with E-state index in [0.717, 1.165) is 22.6 Å². The SMILES string of the molecule is CCC(NC(C)c1ccc(Br)o1)c1ccc(OC)cc1. The number of furan rings is 1. The van der Waals surface area contributed by atoms with Crippen LogP contribution in [-0.4, -0.2) is 7.11 Å². The molecule has 0 bridgehead atoms. The van der Waals surface area contributed by atoms with Gasteiger partial charge >= 0.3 is 0 Å². The van der Waals surface area contributed by atoms with Gasteiger partial charge in [0.1, 0.15) is 11.5 Å². The maximum absolute atomic E-state index is 5.60. The zero-order valence-electron chi connectivity index (χ0n) is 12.0. The molecule has 1 aromatic heterocycles. The summed E-state index contributed by atoms with van der Waals surface area (Å²) in [4.78, 5) is 0. The highest BCUT2D eigenvalue weighted by Crippen LogP contribution is 2.26. The Morgan fingerprint density at radius 1 is 1.20 bits per heavy atom. The van der Waals surface area contributed by atoms with E-state index in [9.17, 15) is 0 Å². The molecule has 2 unspecified atom stereocenters. The summed E-state index contributed by atoms with van der Waals surface area (Å²) in [6.45, 7) is 4.28. The Morgan fingerprint density at radius 3 is 2.40 bits per heavy atom. The van der Waals surface area contributed by atoms with Crippen LogP contribution in [0.1, 0.15) is 43.7 Å². The number of methoxy groups -OCH3 is 1. The molecule has 0 aliphatic heterocycles. The fourth-order valence-corrected chi connectivity index (χ4v) is 2.55. The molecule has 2 rings (SSSR count). The average molecular weight is 338 g/mol. The Bertz CT molecular complexity index is 536. The first-order chi connectivity index (χ1) is 9.63. The molecule has 0 amide bonds. The summed E-state index contributed by atoms with van der Waals surface area (Å²) in [6.07, 6.45) is 1.01. The summed E-state index contributed by atoms with van der Waals surface area (Å²) in [5, 5.41) is 3.59. The molecule has 108 valence electrons. The van der Waals surface area contributed by atoms with Gasteiger partial charge in [-0.3, -0.25) is 0 Å². The van der Waals surface area contributed by atoms with Gasteiger partial charge in [-0.15, -0.1) is 0 Å². The van der Waals surface area contributed by atoms with Crippen molar-refractivity contribution < 1.29 is 9.15 Å². The van der Waals surface area contributed by atoms with Crippen molar-refractivity contribution in [3.8, 4) is 5.75 Å². The second kappa shape index (κ2) is 6.95. The molecule has 20 heavy (non-hydrogen) atoms. The van der Waals surface area contributed by atoms with Crippen LogP contribution in [0.2, 0.25) is 0 Å². The van der Waals surface area contributed by atoms with Gasteiger partial charge < -0.3 is 14.5 Å². The van der Waals surface area contributed by atoms with Crippen LogP contribution in [0, 0.1) is 0 Å². The van der Waals surface area contributed by atoms with Crippen LogP contribution in [-0.2, 0) is 0 Å². The molecular formula is C16H20BrNO2. The number of nitrogens with one attached hydrogen (secondary N) is 1. The van der Waals surface area contributed by atoms with Gasteiger partial charge in [0.15, 0.2) is 4.67 Å². The van der Waals surface area contributed by atoms with Crippen LogP contribution >= 0.6 is 15.9 Å². The van der Waals surface area contributed by atoms with E-state index in [2.05, 4.69) is 47.2 Å². The first-order valence-electron chi connectivity index (χ1n) is 6.79. The van der Waals surface area contributed by atoms with E-state index in [1.165, 1.54) is 5.56 Å². The monoisotopic (exact) mass is 337 g/mol. The van der Waals surface area contributed by atoms with Crippen molar-refractivity contribution in [3.63, 3.8) is 0 Å². The normalized spacial score (nSPS) is 14.0. The minimum atomic E-state index is 0.161. The summed E-state index contributed by atoms with van der Waals surface area (Å²) in [5.41, 5.74) is 1.26. The Hall–Kier alpha value is -1.26. The summed E-state index contributed by atoms with van der Waals surface area (Å²) < 4.78 is 11.6. The second-order valence-electron chi connectivity index (χ2n) is 4.76. The summed E-state index contributed by atoms with van der Waals surface area (Å²) in [5.74, 6) is 1.82. The van der Waals surface area contributed by atoms with Crippen molar-refractivity contribution in [2.24, 2.45) is 0 Å². The minimum Gasteiger partial charge on any atom is -0.497 e. The first kappa shape index (κ1) is 15.1. The maximum atomic E-state index is 5.60. The van der Waals surface area contributed by atoms with E-state index in [1.54, 1.807) is 7.11 Å². The third-order valence-corrected chi connectivity index (χ3v) is 3.82. The highest BCUT2D eigenvalue weighted by molar-refractivity contribution is 9.10. The van der Waals surface area contributed by atoms with Crippen molar-refractivity contribution in [1.82, 2.24) is 5.32 Å². The molecule has 2 aromatic rings. The van der Waals surface area contributed by atoms with Gasteiger partial charge in [-0.25, -0.2) is 0 Å². The van der Waals surface area contributed by atoms with Gasteiger partial charge in [0.25, 0.3) is 0 Å². The standard InChI is InChI=1S/C16H20BrNO2/c1-4-14(12-5-7-13(19-3)8-6-12)18-11(2)15-9-10-16(17)20-15/h5-11,14,18H,4H2,1-3H3. The van der Waals surface area contributed by atoms with Crippen molar-refractivity contribution in [1.29, 1.82) is 0 Å². The molecule has 4 heteroatoms. The quantitative estimate of drug-likeness (QED) is 0.817. The molecule has 0 saturated heterocycles. The van der Waals surface area contributed by atoms with Crippen LogP contribution in [0.4, 0.5) is 0 Å². The van der Waals surface area contributed by atoms with Crippen LogP contribution in [0.25, 0.3) is 0 Å². The summed E-state index contributed by atoms with van der Waals surface area (Å²) in [6, 6.07) is 12.6. The Labute approximate surface area is 128 Å². The molecule has 3 nitrogen and oxygen atoms in total. The molecule has 2 atom stereocenters. The van der Waals surface area contributed by atoms with E-state index >= 15 is 0 Å². The Balaban J connectivity index is 2.07. The summed E-state index contributed by atoms with van der Waals surface area (Å²) >= 11 is 3.34. The average Bonchev–Trinajstić information content (AvgIpc) is 2.91. The smallest absolute Gasteiger partial charge is 0.169 e. The molecule has 0 saturated carbocycles. The van der Waals surface area contributed by atoms with E-state index in [0.29, 0.717) is 6.04 Å². The lowest BCUT2D eigenvalue weighted by Gasteiger charge is -2.21. The largest absolute Gasteiger partial charge is 0.497 e. The molecule has 1 aromatic carbocycles. The topological polar surface area (TPSA) is 34.4 Å². The lowest BCUT2D eigenvalue weighted by atomic mass is 10.0. The van der Waals surface area contributed by atoms with Gasteiger partial charge in [-0.1, -0.05) is 19.1 Å². The fraction of sp³-hybridized carbons (Fsp3) is 0.375. The van der Waals surface area contributed by atoms with E-state index in [1.807, 2.05) is 24.3 Å². The van der Waals surface area contributed by atoms with Gasteiger partial charge in [-0.2, -0.15) is 0 Å². The van der Waals surface area contributed by atoms with Crippen molar-refractivity contribution in [2.75, 3.05) is 7.11 Å². The molecule has 0 fully saturated rings. The highest BCUT2D eigenvalue weighted by Gasteiger charge is 2.16. The number of rotatable bonds is 6. The molecule has 0 aliphatic rings. The number of hydrogen-bond donors (Lipinski definition) is 1. The first-order valence-corrected chi connectivity index (χ1v) is 7.58. The predicted octanol–water partition coefficient (Wildman–Crippen LogP) is 4.85. The number of ether oxygens (including phenoxy) is 1. The van der Waals surface area contributed by atoms with Crippen LogP contribution < -0.4 is 10.1 Å². The lowest BCUT2D eigenvalue weighted by Crippen LogP contribution is -2.23. The van der Waals surface area contributed by atoms with Crippen LogP contribution in [0.5, 0.6) is 5.75 Å². The van der Waals surface area contributed by atoms with Crippen LogP contribution in [0.15, 0.2) is 45.5 Å². The third kappa shape index (κ3) is 3.64. The Morgan fingerprint density at radius 2 is 1.90 bits per heavy atom. The zero-order chi connectivity index (χ0) is 14.5. The second-order valence-corrected chi connectivity index (χ2v) is 5.55. The minimum absolute atomic E-state index is 0.161. The van der Waals surface area contributed by atoms with Gasteiger partial charge in [0.05, 0.1) is 13.2 Å². The van der Waals surface area contributed by atoms with Gasteiger partial charge in [0, 0.05) is 6.04 Å². The fourth-order valence-electron chi connectivity index (χ4n) is 2.23. The van der Waals surface area contributed by atoms with Crippen molar-refractivity contribution in [3.05, 3.63) is 52.4 Å². The van der Waals surface area contributed by atoms with E-state index in [4.69, 9.17) is 9.15 Å². The van der Waals surface area contributed by atoms with Gasteiger partial charge in [-0.05, 0) is 59.1 Å². The predicted molar refractivity (Wildman–Crippen MR) is 84.0 cm³/mol. The maximum Gasteiger partial charge on any atom is 0.169 e. The number of benzene rings is 1. The zero-order valence-corrected chi connectivity index (χ0v) is 13.6. The molecule has 0 spiro atoms. The lowest BCUT2D eigenvalue weighted by molar-refractivity contribution is 0.379. The molecule has 1 heterocycles. The molecule has 0 radical (unpaired) electrons. The van der Waals surface area contributed by atoms with Crippen molar-refractivity contribution >= 4 is 15.9 Å². The third-order valence-electron chi connectivity index (χ3n) is 3.40. The molecular weight excluding hydrogens is 318 g/mol. The summed E-state index contributed by atoms with van der Waals surface area (Å²) in [7, 11) is 1.68. The van der Waals surface area contributed by atoms with Crippen LogP contribution in [0.3, 0.4) is 0 Å². The highest BCUT2D eigenvalue weighted by atomic mass is 79.9. The van der Waals surface area contributed by atoms with Crippen molar-refractivity contribution in [2.45, 2.75) is 32.4 Å². The molecule has 1 N–H and O–H groups in total. The van der Waals surface area contributed by atoms with E-state index < -0.39 is 0 Å². The number of hydrogen-bond acceptors (Lipinski definition) is 3. The number of halogens is 1. The van der Waals surface area contributed by atoms with E-state index in [-0.39, 0.29) is 6.04 Å². The molecule has 0 aliphatic carbocycles. The van der Waals surface area contributed by atoms with Gasteiger partial charge in [0.2, 0.25) is 0 Å².